The molecule has 2 nitrogen and oxygen atoms in total. The van der Waals surface area contributed by atoms with Crippen LogP contribution in [-0.2, 0) is 9.84 Å². The number of halogens is 1. The predicted octanol–water partition coefficient (Wildman–Crippen LogP) is 4.03. The minimum absolute atomic E-state index is 0.0594. The molecule has 0 amide bonds. The highest BCUT2D eigenvalue weighted by molar-refractivity contribution is 9.09. The second-order valence-corrected chi connectivity index (χ2v) is 8.39. The van der Waals surface area contributed by atoms with Crippen LogP contribution in [0.1, 0.15) is 36.8 Å². The monoisotopic (exact) mass is 344 g/mol. The molecule has 1 aromatic rings. The first-order chi connectivity index (χ1) is 8.88. The van der Waals surface area contributed by atoms with Crippen molar-refractivity contribution in [2.45, 2.75) is 44.4 Å². The Morgan fingerprint density at radius 3 is 2.37 bits per heavy atom. The van der Waals surface area contributed by atoms with Crippen molar-refractivity contribution in [1.82, 2.24) is 0 Å². The number of benzene rings is 1. The van der Waals surface area contributed by atoms with E-state index in [0.29, 0.717) is 4.90 Å². The van der Waals surface area contributed by atoms with Gasteiger partial charge in [-0.2, -0.15) is 0 Å². The fourth-order valence-corrected chi connectivity index (χ4v) is 6.27. The zero-order valence-corrected chi connectivity index (χ0v) is 14.0. The van der Waals surface area contributed by atoms with Crippen LogP contribution >= 0.6 is 15.9 Å². The van der Waals surface area contributed by atoms with E-state index in [1.807, 2.05) is 26.0 Å². The molecule has 0 saturated heterocycles. The maximum Gasteiger partial charge on any atom is 0.179 e. The Bertz CT molecular complexity index is 558. The van der Waals surface area contributed by atoms with E-state index in [2.05, 4.69) is 15.9 Å². The summed E-state index contributed by atoms with van der Waals surface area (Å²) in [6.07, 6.45) is 4.33. The van der Waals surface area contributed by atoms with E-state index in [4.69, 9.17) is 0 Å². The van der Waals surface area contributed by atoms with Gasteiger partial charge in [-0.25, -0.2) is 8.42 Å². The third-order valence-corrected chi connectivity index (χ3v) is 7.42. The summed E-state index contributed by atoms with van der Waals surface area (Å²) in [6, 6.07) is 5.59. The lowest BCUT2D eigenvalue weighted by Crippen LogP contribution is -2.29. The van der Waals surface area contributed by atoms with E-state index in [1.165, 1.54) is 0 Å². The number of rotatable bonds is 4. The largest absolute Gasteiger partial charge is 0.224 e. The van der Waals surface area contributed by atoms with Gasteiger partial charge in [-0.1, -0.05) is 46.5 Å². The highest BCUT2D eigenvalue weighted by Gasteiger charge is 2.38. The molecule has 0 bridgehead atoms. The van der Waals surface area contributed by atoms with E-state index >= 15 is 0 Å². The smallest absolute Gasteiger partial charge is 0.179 e. The Morgan fingerprint density at radius 1 is 1.21 bits per heavy atom. The second kappa shape index (κ2) is 5.57. The van der Waals surface area contributed by atoms with Crippen molar-refractivity contribution in [2.75, 3.05) is 11.1 Å². The average Bonchev–Trinajstić information content (AvgIpc) is 2.77. The minimum atomic E-state index is -3.19. The number of sulfone groups is 1. The van der Waals surface area contributed by atoms with Gasteiger partial charge >= 0.3 is 0 Å². The Balaban J connectivity index is 2.32. The van der Waals surface area contributed by atoms with E-state index in [-0.39, 0.29) is 11.2 Å². The number of aryl methyl sites for hydroxylation is 2. The molecule has 106 valence electrons. The van der Waals surface area contributed by atoms with Gasteiger partial charge in [-0.05, 0) is 43.7 Å². The van der Waals surface area contributed by atoms with Crippen molar-refractivity contribution in [3.05, 3.63) is 29.3 Å². The summed E-state index contributed by atoms with van der Waals surface area (Å²) in [6.45, 7) is 3.87. The van der Waals surface area contributed by atoms with Crippen molar-refractivity contribution in [3.8, 4) is 0 Å². The quantitative estimate of drug-likeness (QED) is 0.772. The van der Waals surface area contributed by atoms with Crippen LogP contribution < -0.4 is 0 Å². The van der Waals surface area contributed by atoms with E-state index < -0.39 is 9.84 Å². The SMILES string of the molecule is Cc1ccc(S(=O)(=O)CC2(CBr)CCCC2)c(C)c1. The Kier molecular flexibility index (Phi) is 4.41. The second-order valence-electron chi connectivity index (χ2n) is 5.87. The molecule has 1 fully saturated rings. The molecule has 0 unspecified atom stereocenters. The molecule has 0 radical (unpaired) electrons. The summed E-state index contributed by atoms with van der Waals surface area (Å²) in [7, 11) is -3.19. The fraction of sp³-hybridized carbons (Fsp3) is 0.600. The van der Waals surface area contributed by atoms with Gasteiger partial charge in [0.15, 0.2) is 9.84 Å². The van der Waals surface area contributed by atoms with Crippen molar-refractivity contribution in [2.24, 2.45) is 5.41 Å². The molecule has 4 heteroatoms. The molecule has 0 spiro atoms. The van der Waals surface area contributed by atoms with Gasteiger partial charge in [0.2, 0.25) is 0 Å². The summed E-state index contributed by atoms with van der Waals surface area (Å²) in [5.41, 5.74) is 1.91. The van der Waals surface area contributed by atoms with Gasteiger partial charge in [0, 0.05) is 5.33 Å². The molecule has 1 aromatic carbocycles. The molecule has 19 heavy (non-hydrogen) atoms. The highest BCUT2D eigenvalue weighted by Crippen LogP contribution is 2.42. The van der Waals surface area contributed by atoms with Gasteiger partial charge < -0.3 is 0 Å². The summed E-state index contributed by atoms with van der Waals surface area (Å²) in [5.74, 6) is 0.273. The van der Waals surface area contributed by atoms with E-state index in [1.54, 1.807) is 6.07 Å². The van der Waals surface area contributed by atoms with Crippen LogP contribution in [0, 0.1) is 19.3 Å². The van der Waals surface area contributed by atoms with Crippen molar-refractivity contribution < 1.29 is 8.42 Å². The average molecular weight is 345 g/mol. The summed E-state index contributed by atoms with van der Waals surface area (Å²) < 4.78 is 25.3. The highest BCUT2D eigenvalue weighted by atomic mass is 79.9. The maximum atomic E-state index is 12.7. The lowest BCUT2D eigenvalue weighted by atomic mass is 9.92. The first kappa shape index (κ1) is 15.0. The molecule has 0 heterocycles. The van der Waals surface area contributed by atoms with Gasteiger partial charge in [-0.3, -0.25) is 0 Å². The van der Waals surface area contributed by atoms with Crippen LogP contribution in [0.15, 0.2) is 23.1 Å². The normalized spacial score (nSPS) is 18.7. The summed E-state index contributed by atoms with van der Waals surface area (Å²) in [4.78, 5) is 0.505. The molecule has 0 aromatic heterocycles. The van der Waals surface area contributed by atoms with E-state index in [0.717, 1.165) is 42.1 Å². The molecule has 1 aliphatic rings. The Labute approximate surface area is 124 Å². The number of hydrogen-bond donors (Lipinski definition) is 0. The lowest BCUT2D eigenvalue weighted by molar-refractivity contribution is 0.394. The molecule has 1 saturated carbocycles. The van der Waals surface area contributed by atoms with Crippen LogP contribution in [0.25, 0.3) is 0 Å². The number of alkyl halides is 1. The number of hydrogen-bond acceptors (Lipinski definition) is 2. The molecule has 1 aliphatic carbocycles. The topological polar surface area (TPSA) is 34.1 Å². The van der Waals surface area contributed by atoms with Crippen molar-refractivity contribution in [3.63, 3.8) is 0 Å². The summed E-state index contributed by atoms with van der Waals surface area (Å²) in [5, 5.41) is 0.782. The molecule has 0 aliphatic heterocycles. The van der Waals surface area contributed by atoms with Crippen molar-refractivity contribution in [1.29, 1.82) is 0 Å². The molecular formula is C15H21BrO2S. The van der Waals surface area contributed by atoms with Gasteiger partial charge in [0.05, 0.1) is 10.6 Å². The van der Waals surface area contributed by atoms with Gasteiger partial charge in [0.1, 0.15) is 0 Å². The predicted molar refractivity (Wildman–Crippen MR) is 82.7 cm³/mol. The minimum Gasteiger partial charge on any atom is -0.224 e. The summed E-state index contributed by atoms with van der Waals surface area (Å²) >= 11 is 3.52. The molecule has 2 rings (SSSR count). The zero-order chi connectivity index (χ0) is 14.1. The molecule has 0 N–H and O–H groups in total. The van der Waals surface area contributed by atoms with Crippen LogP contribution in [0.5, 0.6) is 0 Å². The lowest BCUT2D eigenvalue weighted by Gasteiger charge is -2.26. The zero-order valence-electron chi connectivity index (χ0n) is 11.6. The fourth-order valence-electron chi connectivity index (χ4n) is 3.07. The van der Waals surface area contributed by atoms with Crippen LogP contribution in [-0.4, -0.2) is 19.5 Å². The van der Waals surface area contributed by atoms with Crippen LogP contribution in [0.3, 0.4) is 0 Å². The first-order valence-corrected chi connectivity index (χ1v) is 9.52. The van der Waals surface area contributed by atoms with E-state index in [9.17, 15) is 8.42 Å². The van der Waals surface area contributed by atoms with Crippen LogP contribution in [0.2, 0.25) is 0 Å². The third kappa shape index (κ3) is 3.22. The molecule has 0 atom stereocenters. The Morgan fingerprint density at radius 2 is 1.84 bits per heavy atom. The maximum absolute atomic E-state index is 12.7. The van der Waals surface area contributed by atoms with Crippen LogP contribution in [0.4, 0.5) is 0 Å². The first-order valence-electron chi connectivity index (χ1n) is 6.75. The molecular weight excluding hydrogens is 324 g/mol. The van der Waals surface area contributed by atoms with Gasteiger partial charge in [-0.15, -0.1) is 0 Å². The third-order valence-electron chi connectivity index (χ3n) is 4.11. The standard InChI is InChI=1S/C15H21BrO2S/c1-12-5-6-14(13(2)9-12)19(17,18)11-15(10-16)7-3-4-8-15/h5-6,9H,3-4,7-8,10-11H2,1-2H3. The van der Waals surface area contributed by atoms with Crippen molar-refractivity contribution >= 4 is 25.8 Å². The van der Waals surface area contributed by atoms with Gasteiger partial charge in [0.25, 0.3) is 0 Å². The Hall–Kier alpha value is -0.350.